The SMILES string of the molecule is C[C@@H](O)C(=O)N1CCC(N2C(=O)N(C)Cc3cnc4ccc(-c5cnc(N)nc5)nc4c32)CC1. The summed E-state index contributed by atoms with van der Waals surface area (Å²) in [5.41, 5.74) is 9.98. The Balaban J connectivity index is 1.56. The van der Waals surface area contributed by atoms with E-state index in [1.165, 1.54) is 6.92 Å². The third kappa shape index (κ3) is 3.77. The molecule has 1 fully saturated rings. The first-order chi connectivity index (χ1) is 16.3. The third-order valence-corrected chi connectivity index (χ3v) is 6.41. The molecule has 0 unspecified atom stereocenters. The van der Waals surface area contributed by atoms with Crippen LogP contribution in [0.2, 0.25) is 0 Å². The van der Waals surface area contributed by atoms with Crippen molar-refractivity contribution in [2.75, 3.05) is 30.8 Å². The highest BCUT2D eigenvalue weighted by Crippen LogP contribution is 2.37. The standard InChI is InChI=1S/C23H26N8O3/c1-13(32)21(33)30-7-5-16(6-8-30)31-20-15(12-29(2)23(31)34)11-25-18-4-3-17(28-19(18)20)14-9-26-22(24)27-10-14/h3-4,9-11,13,16,32H,5-8,12H2,1-2H3,(H2,24,26,27)/t13-/m1/s1. The molecule has 34 heavy (non-hydrogen) atoms. The van der Waals surface area contributed by atoms with Gasteiger partial charge in [-0.15, -0.1) is 0 Å². The quantitative estimate of drug-likeness (QED) is 0.595. The molecule has 11 heteroatoms. The van der Waals surface area contributed by atoms with Gasteiger partial charge in [0, 0.05) is 55.9 Å². The summed E-state index contributed by atoms with van der Waals surface area (Å²) in [6.07, 6.45) is 5.21. The van der Waals surface area contributed by atoms with Gasteiger partial charge in [0.1, 0.15) is 11.6 Å². The van der Waals surface area contributed by atoms with Crippen LogP contribution in [0.3, 0.4) is 0 Å². The third-order valence-electron chi connectivity index (χ3n) is 6.41. The Morgan fingerprint density at radius 2 is 1.85 bits per heavy atom. The fourth-order valence-corrected chi connectivity index (χ4v) is 4.66. The topological polar surface area (TPSA) is 142 Å². The minimum absolute atomic E-state index is 0.108. The molecule has 3 aromatic rings. The number of likely N-dealkylation sites (tertiary alicyclic amines) is 1. The molecule has 176 valence electrons. The van der Waals surface area contributed by atoms with Crippen LogP contribution in [-0.2, 0) is 11.3 Å². The lowest BCUT2D eigenvalue weighted by Gasteiger charge is -2.43. The van der Waals surface area contributed by atoms with Gasteiger partial charge < -0.3 is 20.6 Å². The highest BCUT2D eigenvalue weighted by atomic mass is 16.3. The number of nitrogens with zero attached hydrogens (tertiary/aromatic N) is 7. The van der Waals surface area contributed by atoms with E-state index in [-0.39, 0.29) is 23.9 Å². The Bertz CT molecular complexity index is 1260. The van der Waals surface area contributed by atoms with Gasteiger partial charge in [-0.3, -0.25) is 14.7 Å². The number of aliphatic hydroxyl groups excluding tert-OH is 1. The van der Waals surface area contributed by atoms with Gasteiger partial charge in [-0.2, -0.15) is 0 Å². The lowest BCUT2D eigenvalue weighted by molar-refractivity contribution is -0.140. The number of hydrogen-bond donors (Lipinski definition) is 2. The fraction of sp³-hybridized carbons (Fsp3) is 0.391. The summed E-state index contributed by atoms with van der Waals surface area (Å²) < 4.78 is 0. The molecule has 2 aliphatic heterocycles. The number of aliphatic hydroxyl groups is 1. The van der Waals surface area contributed by atoms with Crippen LogP contribution in [0, 0.1) is 0 Å². The minimum atomic E-state index is -1.03. The second kappa shape index (κ2) is 8.49. The number of hydrogen-bond acceptors (Lipinski definition) is 8. The Kier molecular flexibility index (Phi) is 5.48. The highest BCUT2D eigenvalue weighted by molar-refractivity contribution is 6.04. The first kappa shape index (κ1) is 22.0. The smallest absolute Gasteiger partial charge is 0.324 e. The second-order valence-electron chi connectivity index (χ2n) is 8.77. The van der Waals surface area contributed by atoms with E-state index in [2.05, 4.69) is 15.0 Å². The van der Waals surface area contributed by atoms with E-state index in [1.54, 1.807) is 35.4 Å². The minimum Gasteiger partial charge on any atom is -0.384 e. The van der Waals surface area contributed by atoms with Crippen molar-refractivity contribution in [1.29, 1.82) is 0 Å². The number of fused-ring (bicyclic) bond motifs is 3. The van der Waals surface area contributed by atoms with E-state index in [1.807, 2.05) is 17.0 Å². The molecule has 0 aromatic carbocycles. The van der Waals surface area contributed by atoms with Crippen LogP contribution >= 0.6 is 0 Å². The van der Waals surface area contributed by atoms with Gasteiger partial charge in [0.25, 0.3) is 5.91 Å². The molecule has 0 spiro atoms. The molecule has 3 amide bonds. The number of nitrogen functional groups attached to an aromatic ring is 1. The van der Waals surface area contributed by atoms with Gasteiger partial charge in [-0.1, -0.05) is 0 Å². The molecule has 0 aliphatic carbocycles. The lowest BCUT2D eigenvalue weighted by atomic mass is 9.99. The molecule has 5 rings (SSSR count). The summed E-state index contributed by atoms with van der Waals surface area (Å²) in [7, 11) is 1.77. The van der Waals surface area contributed by atoms with Crippen LogP contribution in [0.5, 0.6) is 0 Å². The summed E-state index contributed by atoms with van der Waals surface area (Å²) in [4.78, 5) is 48.3. The van der Waals surface area contributed by atoms with E-state index >= 15 is 0 Å². The van der Waals surface area contributed by atoms with Gasteiger partial charge in [0.05, 0.1) is 23.4 Å². The van der Waals surface area contributed by atoms with E-state index in [4.69, 9.17) is 10.7 Å². The molecule has 1 saturated heterocycles. The molecule has 2 aliphatic rings. The monoisotopic (exact) mass is 462 g/mol. The molecule has 0 saturated carbocycles. The lowest BCUT2D eigenvalue weighted by Crippen LogP contribution is -2.55. The maximum atomic E-state index is 13.4. The van der Waals surface area contributed by atoms with E-state index in [0.29, 0.717) is 54.8 Å². The first-order valence-electron chi connectivity index (χ1n) is 11.2. The Hall–Kier alpha value is -3.86. The summed E-state index contributed by atoms with van der Waals surface area (Å²) in [6.45, 7) is 2.86. The summed E-state index contributed by atoms with van der Waals surface area (Å²) >= 11 is 0. The zero-order valence-corrected chi connectivity index (χ0v) is 19.0. The van der Waals surface area contributed by atoms with Crippen molar-refractivity contribution in [1.82, 2.24) is 29.7 Å². The largest absolute Gasteiger partial charge is 0.384 e. The van der Waals surface area contributed by atoms with Gasteiger partial charge in [-0.25, -0.2) is 19.7 Å². The van der Waals surface area contributed by atoms with Crippen molar-refractivity contribution >= 4 is 34.6 Å². The number of nitrogens with two attached hydrogens (primary N) is 1. The molecule has 3 aromatic heterocycles. The maximum absolute atomic E-state index is 13.4. The van der Waals surface area contributed by atoms with Crippen molar-refractivity contribution in [3.63, 3.8) is 0 Å². The van der Waals surface area contributed by atoms with Crippen LogP contribution < -0.4 is 10.6 Å². The highest BCUT2D eigenvalue weighted by Gasteiger charge is 2.38. The number of aromatic nitrogens is 4. The molecule has 5 heterocycles. The molecule has 0 bridgehead atoms. The number of pyridine rings is 2. The first-order valence-corrected chi connectivity index (χ1v) is 11.2. The van der Waals surface area contributed by atoms with Crippen LogP contribution in [0.25, 0.3) is 22.3 Å². The van der Waals surface area contributed by atoms with Crippen LogP contribution in [-0.4, -0.2) is 79.1 Å². The van der Waals surface area contributed by atoms with E-state index < -0.39 is 6.10 Å². The normalized spacial score (nSPS) is 17.7. The van der Waals surface area contributed by atoms with Crippen molar-refractivity contribution in [2.45, 2.75) is 38.5 Å². The molecule has 0 radical (unpaired) electrons. The van der Waals surface area contributed by atoms with Gasteiger partial charge in [0.2, 0.25) is 5.95 Å². The summed E-state index contributed by atoms with van der Waals surface area (Å²) in [6, 6.07) is 3.50. The number of urea groups is 1. The predicted octanol–water partition coefficient (Wildman–Crippen LogP) is 1.41. The van der Waals surface area contributed by atoms with Crippen LogP contribution in [0.4, 0.5) is 16.4 Å². The number of rotatable bonds is 3. The molecule has 1 atom stereocenters. The van der Waals surface area contributed by atoms with E-state index in [0.717, 1.165) is 11.3 Å². The van der Waals surface area contributed by atoms with Crippen molar-refractivity contribution in [3.8, 4) is 11.3 Å². The molecular weight excluding hydrogens is 436 g/mol. The number of anilines is 2. The second-order valence-corrected chi connectivity index (χ2v) is 8.77. The fourth-order valence-electron chi connectivity index (χ4n) is 4.66. The zero-order valence-electron chi connectivity index (χ0n) is 19.0. The van der Waals surface area contributed by atoms with Crippen LogP contribution in [0.1, 0.15) is 25.3 Å². The van der Waals surface area contributed by atoms with Crippen molar-refractivity contribution in [2.24, 2.45) is 0 Å². The molecular formula is C23H26N8O3. The van der Waals surface area contributed by atoms with Gasteiger partial charge in [0.15, 0.2) is 0 Å². The number of carbonyl (C=O) groups excluding carboxylic acids is 2. The van der Waals surface area contributed by atoms with E-state index in [9.17, 15) is 14.7 Å². The zero-order chi connectivity index (χ0) is 24.0. The van der Waals surface area contributed by atoms with Crippen LogP contribution in [0.15, 0.2) is 30.7 Å². The Morgan fingerprint density at radius 3 is 2.53 bits per heavy atom. The summed E-state index contributed by atoms with van der Waals surface area (Å²) in [5, 5.41) is 9.65. The average Bonchev–Trinajstić information content (AvgIpc) is 2.84. The number of carbonyl (C=O) groups is 2. The van der Waals surface area contributed by atoms with Gasteiger partial charge in [-0.05, 0) is 31.9 Å². The predicted molar refractivity (Wildman–Crippen MR) is 126 cm³/mol. The van der Waals surface area contributed by atoms with Crippen molar-refractivity contribution < 1.29 is 14.7 Å². The number of piperidine rings is 1. The number of amides is 3. The average molecular weight is 463 g/mol. The maximum Gasteiger partial charge on any atom is 0.324 e. The van der Waals surface area contributed by atoms with Crippen molar-refractivity contribution in [3.05, 3.63) is 36.3 Å². The molecule has 3 N–H and O–H groups in total. The molecule has 11 nitrogen and oxygen atoms in total. The Labute approximate surface area is 196 Å². The van der Waals surface area contributed by atoms with Gasteiger partial charge >= 0.3 is 6.03 Å². The summed E-state index contributed by atoms with van der Waals surface area (Å²) in [5.74, 6) is -0.101. The Morgan fingerprint density at radius 1 is 1.15 bits per heavy atom.